The predicted molar refractivity (Wildman–Crippen MR) is 49.8 cm³/mol. The summed E-state index contributed by atoms with van der Waals surface area (Å²) in [7, 11) is 2.52. The second-order valence-electron chi connectivity index (χ2n) is 2.61. The van der Waals surface area contributed by atoms with Gasteiger partial charge >= 0.3 is 12.2 Å². The zero-order valence-electron chi connectivity index (χ0n) is 8.62. The van der Waals surface area contributed by atoms with Crippen molar-refractivity contribution >= 4 is 12.2 Å². The summed E-state index contributed by atoms with van der Waals surface area (Å²) in [4.78, 5) is 21.7. The summed E-state index contributed by atoms with van der Waals surface area (Å²) in [6, 6.07) is 0. The quantitative estimate of drug-likeness (QED) is 0.665. The molecule has 2 amide bonds. The summed E-state index contributed by atoms with van der Waals surface area (Å²) in [6.07, 6.45) is -0.192. The number of methoxy groups -OCH3 is 2. The number of alkyl carbamates (subject to hydrolysis) is 2. The van der Waals surface area contributed by atoms with E-state index in [1.807, 2.05) is 6.92 Å². The van der Waals surface area contributed by atoms with Gasteiger partial charge in [0.25, 0.3) is 0 Å². The maximum atomic E-state index is 10.8. The third-order valence-corrected chi connectivity index (χ3v) is 1.53. The number of rotatable bonds is 4. The molecule has 0 aliphatic carbocycles. The van der Waals surface area contributed by atoms with Crippen LogP contribution < -0.4 is 10.6 Å². The van der Waals surface area contributed by atoms with Gasteiger partial charge in [-0.3, -0.25) is 0 Å². The molecule has 0 aliphatic rings. The van der Waals surface area contributed by atoms with Gasteiger partial charge < -0.3 is 20.1 Å². The highest BCUT2D eigenvalue weighted by Gasteiger charge is 2.13. The molecule has 0 unspecified atom stereocenters. The first kappa shape index (κ1) is 12.5. The molecule has 0 aliphatic heterocycles. The molecule has 0 atom stereocenters. The summed E-state index contributed by atoms with van der Waals surface area (Å²) in [5, 5.41) is 4.92. The molecule has 0 bridgehead atoms. The third-order valence-electron chi connectivity index (χ3n) is 1.53. The van der Waals surface area contributed by atoms with Crippen molar-refractivity contribution in [2.75, 3.05) is 14.2 Å². The lowest BCUT2D eigenvalue weighted by Crippen LogP contribution is -2.47. The van der Waals surface area contributed by atoms with Crippen LogP contribution >= 0.6 is 0 Å². The Morgan fingerprint density at radius 1 is 1.14 bits per heavy atom. The molecule has 0 saturated heterocycles. The van der Waals surface area contributed by atoms with Crippen molar-refractivity contribution < 1.29 is 19.1 Å². The van der Waals surface area contributed by atoms with Crippen LogP contribution in [0.5, 0.6) is 0 Å². The van der Waals surface area contributed by atoms with Crippen molar-refractivity contribution in [2.45, 2.75) is 25.9 Å². The van der Waals surface area contributed by atoms with Crippen molar-refractivity contribution in [3.05, 3.63) is 0 Å². The van der Waals surface area contributed by atoms with E-state index in [-0.39, 0.29) is 0 Å². The molecule has 6 heteroatoms. The number of nitrogens with one attached hydrogen (secondary N) is 2. The molecular formula is C8H16N2O4. The first-order valence-corrected chi connectivity index (χ1v) is 4.33. The monoisotopic (exact) mass is 204 g/mol. The molecule has 2 N–H and O–H groups in total. The molecule has 6 nitrogen and oxygen atoms in total. The van der Waals surface area contributed by atoms with Crippen LogP contribution in [0.2, 0.25) is 0 Å². The topological polar surface area (TPSA) is 76.7 Å². The van der Waals surface area contributed by atoms with E-state index in [0.29, 0.717) is 6.42 Å². The summed E-state index contributed by atoms with van der Waals surface area (Å²) >= 11 is 0. The summed E-state index contributed by atoms with van der Waals surface area (Å²) in [6.45, 7) is 1.94. The van der Waals surface area contributed by atoms with Gasteiger partial charge in [-0.25, -0.2) is 9.59 Å². The molecule has 0 aromatic rings. The van der Waals surface area contributed by atoms with Gasteiger partial charge in [0, 0.05) is 0 Å². The van der Waals surface area contributed by atoms with Crippen molar-refractivity contribution in [1.29, 1.82) is 0 Å². The van der Waals surface area contributed by atoms with Crippen molar-refractivity contribution in [3.8, 4) is 0 Å². The fourth-order valence-electron chi connectivity index (χ4n) is 0.871. The van der Waals surface area contributed by atoms with Gasteiger partial charge in [-0.15, -0.1) is 0 Å². The Balaban J connectivity index is 4.00. The lowest BCUT2D eigenvalue weighted by atomic mass is 10.3. The Labute approximate surface area is 82.9 Å². The maximum absolute atomic E-state index is 10.8. The van der Waals surface area contributed by atoms with Crippen molar-refractivity contribution in [1.82, 2.24) is 10.6 Å². The van der Waals surface area contributed by atoms with Crippen LogP contribution in [0.4, 0.5) is 9.59 Å². The van der Waals surface area contributed by atoms with Gasteiger partial charge in [0.2, 0.25) is 0 Å². The minimum absolute atomic E-state index is 0.458. The first-order chi connectivity index (χ1) is 6.63. The number of hydrogen-bond acceptors (Lipinski definition) is 4. The average Bonchev–Trinajstić information content (AvgIpc) is 2.17. The van der Waals surface area contributed by atoms with Crippen LogP contribution in [-0.2, 0) is 9.47 Å². The summed E-state index contributed by atoms with van der Waals surface area (Å²) in [5.74, 6) is 0. The molecule has 0 fully saturated rings. The Hall–Kier alpha value is -1.46. The zero-order valence-corrected chi connectivity index (χ0v) is 8.62. The van der Waals surface area contributed by atoms with E-state index in [2.05, 4.69) is 20.1 Å². The molecule has 0 radical (unpaired) electrons. The Bertz CT molecular complexity index is 178. The predicted octanol–water partition coefficient (Wildman–Crippen LogP) is 0.825. The largest absolute Gasteiger partial charge is 0.453 e. The minimum Gasteiger partial charge on any atom is -0.453 e. The van der Waals surface area contributed by atoms with E-state index in [4.69, 9.17) is 0 Å². The number of carbonyl (C=O) groups excluding carboxylic acids is 2. The smallest absolute Gasteiger partial charge is 0.408 e. The van der Waals surface area contributed by atoms with E-state index in [1.165, 1.54) is 14.2 Å². The normalized spacial score (nSPS) is 9.43. The van der Waals surface area contributed by atoms with E-state index >= 15 is 0 Å². The zero-order chi connectivity index (χ0) is 11.0. The SMILES string of the molecule is CCCC(NC(=O)OC)NC(=O)OC. The highest BCUT2D eigenvalue weighted by molar-refractivity contribution is 5.70. The van der Waals surface area contributed by atoms with E-state index in [9.17, 15) is 9.59 Å². The summed E-state index contributed by atoms with van der Waals surface area (Å²) in [5.41, 5.74) is 0. The van der Waals surface area contributed by atoms with Crippen LogP contribution in [0.25, 0.3) is 0 Å². The van der Waals surface area contributed by atoms with Gasteiger partial charge in [0.05, 0.1) is 14.2 Å². The molecule has 0 spiro atoms. The third kappa shape index (κ3) is 5.23. The maximum Gasteiger partial charge on any atom is 0.408 e. The van der Waals surface area contributed by atoms with E-state index in [0.717, 1.165) is 6.42 Å². The number of amides is 2. The molecular weight excluding hydrogens is 188 g/mol. The van der Waals surface area contributed by atoms with Gasteiger partial charge in [-0.1, -0.05) is 13.3 Å². The molecule has 0 heterocycles. The van der Waals surface area contributed by atoms with Crippen LogP contribution in [-0.4, -0.2) is 32.6 Å². The van der Waals surface area contributed by atoms with Gasteiger partial charge in [-0.2, -0.15) is 0 Å². The molecule has 0 aromatic heterocycles. The lowest BCUT2D eigenvalue weighted by Gasteiger charge is -2.17. The van der Waals surface area contributed by atoms with Gasteiger partial charge in [0.15, 0.2) is 0 Å². The average molecular weight is 204 g/mol. The Morgan fingerprint density at radius 2 is 1.57 bits per heavy atom. The van der Waals surface area contributed by atoms with E-state index in [1.54, 1.807) is 0 Å². The highest BCUT2D eigenvalue weighted by atomic mass is 16.5. The van der Waals surface area contributed by atoms with Crippen LogP contribution in [0.3, 0.4) is 0 Å². The highest BCUT2D eigenvalue weighted by Crippen LogP contribution is 1.94. The van der Waals surface area contributed by atoms with Crippen molar-refractivity contribution in [3.63, 3.8) is 0 Å². The number of hydrogen-bond donors (Lipinski definition) is 2. The van der Waals surface area contributed by atoms with E-state index < -0.39 is 18.4 Å². The Morgan fingerprint density at radius 3 is 1.86 bits per heavy atom. The van der Waals surface area contributed by atoms with Gasteiger partial charge in [-0.05, 0) is 6.42 Å². The molecule has 14 heavy (non-hydrogen) atoms. The number of carbonyl (C=O) groups is 2. The second-order valence-corrected chi connectivity index (χ2v) is 2.61. The lowest BCUT2D eigenvalue weighted by molar-refractivity contribution is 0.151. The molecule has 0 rings (SSSR count). The van der Waals surface area contributed by atoms with Crippen LogP contribution in [0.1, 0.15) is 19.8 Å². The molecule has 0 saturated carbocycles. The minimum atomic E-state index is -0.583. The molecule has 82 valence electrons. The molecule has 0 aromatic carbocycles. The second kappa shape index (κ2) is 6.99. The Kier molecular flexibility index (Phi) is 6.26. The van der Waals surface area contributed by atoms with Gasteiger partial charge in [0.1, 0.15) is 6.17 Å². The van der Waals surface area contributed by atoms with Crippen molar-refractivity contribution in [2.24, 2.45) is 0 Å². The fraction of sp³-hybridized carbons (Fsp3) is 0.750. The summed E-state index contributed by atoms with van der Waals surface area (Å²) < 4.78 is 8.80. The van der Waals surface area contributed by atoms with Crippen LogP contribution in [0.15, 0.2) is 0 Å². The van der Waals surface area contributed by atoms with Crippen LogP contribution in [0, 0.1) is 0 Å². The fourth-order valence-corrected chi connectivity index (χ4v) is 0.871. The standard InChI is InChI=1S/C8H16N2O4/c1-4-5-6(9-7(11)13-2)10-8(12)14-3/h6H,4-5H2,1-3H3,(H,9,11)(H,10,12). The first-order valence-electron chi connectivity index (χ1n) is 4.33. The number of ether oxygens (including phenoxy) is 2.